The van der Waals surface area contributed by atoms with Crippen molar-refractivity contribution in [3.8, 4) is 0 Å². The molecule has 1 amide bonds. The molecular formula is C58H105NO5. The highest BCUT2D eigenvalue weighted by Crippen LogP contribution is 2.17. The van der Waals surface area contributed by atoms with Crippen LogP contribution in [0.15, 0.2) is 60.8 Å². The number of aliphatic hydroxyl groups excluding tert-OH is 2. The summed E-state index contributed by atoms with van der Waals surface area (Å²) in [6.45, 7) is 6.45. The van der Waals surface area contributed by atoms with E-state index in [0.717, 1.165) is 96.3 Å². The molecule has 0 radical (unpaired) electrons. The lowest BCUT2D eigenvalue weighted by molar-refractivity contribution is -0.151. The van der Waals surface area contributed by atoms with Gasteiger partial charge in [0, 0.05) is 6.42 Å². The number of ether oxygens (including phenoxy) is 1. The zero-order chi connectivity index (χ0) is 46.7. The molecular weight excluding hydrogens is 791 g/mol. The van der Waals surface area contributed by atoms with Gasteiger partial charge in [-0.3, -0.25) is 9.59 Å². The SMILES string of the molecule is CCCCC/C=C\C/C=C\C/C=C\CCCCCCC(CC(=O)NC(CO)C(O)CCCCCCCCCCCCCC)OC(=O)CCCCC/C=C/C=C/CCCCCCCCC. The first-order chi connectivity index (χ1) is 31.5. The van der Waals surface area contributed by atoms with Gasteiger partial charge in [0.1, 0.15) is 6.10 Å². The van der Waals surface area contributed by atoms with E-state index < -0.39 is 18.2 Å². The molecule has 0 saturated heterocycles. The Balaban J connectivity index is 4.68. The Morgan fingerprint density at radius 3 is 1.33 bits per heavy atom. The molecule has 6 heteroatoms. The maximum atomic E-state index is 13.2. The number of rotatable bonds is 49. The molecule has 0 aromatic rings. The molecule has 0 aromatic carbocycles. The fraction of sp³-hybridized carbons (Fsp3) is 0.793. The predicted octanol–water partition coefficient (Wildman–Crippen LogP) is 16.8. The average molecular weight is 896 g/mol. The molecule has 0 spiro atoms. The van der Waals surface area contributed by atoms with Crippen LogP contribution < -0.4 is 5.32 Å². The molecule has 0 saturated carbocycles. The van der Waals surface area contributed by atoms with Gasteiger partial charge >= 0.3 is 5.97 Å². The molecule has 372 valence electrons. The number of allylic oxidation sites excluding steroid dienone is 10. The molecule has 64 heavy (non-hydrogen) atoms. The van der Waals surface area contributed by atoms with Crippen molar-refractivity contribution in [1.29, 1.82) is 0 Å². The van der Waals surface area contributed by atoms with Gasteiger partial charge in [-0.1, -0.05) is 229 Å². The Kier molecular flexibility index (Phi) is 49.6. The smallest absolute Gasteiger partial charge is 0.306 e. The van der Waals surface area contributed by atoms with Gasteiger partial charge in [-0.05, 0) is 89.9 Å². The average Bonchev–Trinajstić information content (AvgIpc) is 3.29. The van der Waals surface area contributed by atoms with Crippen LogP contribution in [0.1, 0.15) is 271 Å². The second-order valence-electron chi connectivity index (χ2n) is 18.7. The van der Waals surface area contributed by atoms with Gasteiger partial charge in [0.05, 0.1) is 25.2 Å². The van der Waals surface area contributed by atoms with Crippen LogP contribution in [-0.4, -0.2) is 46.9 Å². The van der Waals surface area contributed by atoms with Crippen LogP contribution in [0.25, 0.3) is 0 Å². The molecule has 3 N–H and O–H groups in total. The summed E-state index contributed by atoms with van der Waals surface area (Å²) < 4.78 is 5.93. The van der Waals surface area contributed by atoms with E-state index in [0.29, 0.717) is 19.3 Å². The first-order valence-corrected chi connectivity index (χ1v) is 27.5. The summed E-state index contributed by atoms with van der Waals surface area (Å²) in [5.74, 6) is -0.523. The Hall–Kier alpha value is -2.44. The maximum Gasteiger partial charge on any atom is 0.306 e. The fourth-order valence-corrected chi connectivity index (χ4v) is 8.13. The Labute approximate surface area is 397 Å². The largest absolute Gasteiger partial charge is 0.462 e. The van der Waals surface area contributed by atoms with Gasteiger partial charge in [-0.15, -0.1) is 0 Å². The lowest BCUT2D eigenvalue weighted by Gasteiger charge is -2.24. The molecule has 0 aliphatic carbocycles. The first-order valence-electron chi connectivity index (χ1n) is 27.5. The van der Waals surface area contributed by atoms with Gasteiger partial charge in [-0.2, -0.15) is 0 Å². The summed E-state index contributed by atoms with van der Waals surface area (Å²) in [4.78, 5) is 26.2. The van der Waals surface area contributed by atoms with Crippen LogP contribution in [0, 0.1) is 0 Å². The summed E-state index contributed by atoms with van der Waals surface area (Å²) in [5, 5.41) is 23.8. The third-order valence-corrected chi connectivity index (χ3v) is 12.3. The minimum atomic E-state index is -0.800. The number of carbonyl (C=O) groups excluding carboxylic acids is 2. The molecule has 3 atom stereocenters. The standard InChI is InChI=1S/C58H105NO5/c1-4-7-10-13-16-19-22-25-27-29-30-32-34-37-40-43-46-49-54(64-58(63)51-48-45-42-39-36-33-31-28-26-23-20-17-14-11-8-5-2)52-57(62)59-55(53-60)56(61)50-47-44-41-38-35-24-21-18-15-12-9-6-3/h16,19,25,27-28,30-33,36,54-56,60-61H,4-15,17-18,20-24,26,29,34-35,37-53H2,1-3H3,(H,59,62)/b19-16-,27-25-,31-28+,32-30-,36-33+. The zero-order valence-corrected chi connectivity index (χ0v) is 42.4. The van der Waals surface area contributed by atoms with Crippen molar-refractivity contribution in [1.82, 2.24) is 5.32 Å². The van der Waals surface area contributed by atoms with Crippen LogP contribution in [-0.2, 0) is 14.3 Å². The van der Waals surface area contributed by atoms with E-state index in [2.05, 4.69) is 86.8 Å². The summed E-state index contributed by atoms with van der Waals surface area (Å²) in [5.41, 5.74) is 0. The van der Waals surface area contributed by atoms with Crippen molar-refractivity contribution in [3.05, 3.63) is 60.8 Å². The van der Waals surface area contributed by atoms with Gasteiger partial charge in [0.15, 0.2) is 0 Å². The molecule has 0 fully saturated rings. The highest BCUT2D eigenvalue weighted by atomic mass is 16.5. The summed E-state index contributed by atoms with van der Waals surface area (Å²) >= 11 is 0. The van der Waals surface area contributed by atoms with Crippen molar-refractivity contribution >= 4 is 11.9 Å². The zero-order valence-electron chi connectivity index (χ0n) is 42.4. The first kappa shape index (κ1) is 61.6. The molecule has 0 aromatic heterocycles. The number of aliphatic hydroxyl groups is 2. The minimum absolute atomic E-state index is 0.0513. The number of nitrogens with one attached hydrogen (secondary N) is 1. The van der Waals surface area contributed by atoms with Crippen LogP contribution >= 0.6 is 0 Å². The van der Waals surface area contributed by atoms with E-state index in [1.54, 1.807) is 0 Å². The quantitative estimate of drug-likeness (QED) is 0.0245. The van der Waals surface area contributed by atoms with Gasteiger partial charge < -0.3 is 20.3 Å². The van der Waals surface area contributed by atoms with E-state index in [-0.39, 0.29) is 24.9 Å². The lowest BCUT2D eigenvalue weighted by atomic mass is 10.0. The van der Waals surface area contributed by atoms with Gasteiger partial charge in [0.2, 0.25) is 5.91 Å². The van der Waals surface area contributed by atoms with Crippen LogP contribution in [0.2, 0.25) is 0 Å². The fourth-order valence-electron chi connectivity index (χ4n) is 8.13. The topological polar surface area (TPSA) is 95.9 Å². The number of unbranched alkanes of at least 4 members (excludes halogenated alkanes) is 28. The maximum absolute atomic E-state index is 13.2. The number of esters is 1. The van der Waals surface area contributed by atoms with Crippen LogP contribution in [0.4, 0.5) is 0 Å². The summed E-state index contributed by atoms with van der Waals surface area (Å²) in [7, 11) is 0. The summed E-state index contributed by atoms with van der Waals surface area (Å²) in [6, 6.07) is -0.716. The van der Waals surface area contributed by atoms with E-state index in [9.17, 15) is 19.8 Å². The molecule has 0 heterocycles. The molecule has 0 bridgehead atoms. The second-order valence-corrected chi connectivity index (χ2v) is 18.7. The summed E-state index contributed by atoms with van der Waals surface area (Å²) in [6.07, 6.45) is 64.2. The van der Waals surface area contributed by atoms with Crippen molar-refractivity contribution in [3.63, 3.8) is 0 Å². The highest BCUT2D eigenvalue weighted by Gasteiger charge is 2.24. The third kappa shape index (κ3) is 46.1. The monoisotopic (exact) mass is 896 g/mol. The van der Waals surface area contributed by atoms with E-state index in [4.69, 9.17) is 4.74 Å². The number of carbonyl (C=O) groups is 2. The van der Waals surface area contributed by atoms with Crippen molar-refractivity contribution in [2.75, 3.05) is 6.61 Å². The number of amides is 1. The second kappa shape index (κ2) is 51.5. The normalized spacial score (nSPS) is 13.6. The van der Waals surface area contributed by atoms with Crippen molar-refractivity contribution in [2.45, 2.75) is 289 Å². The van der Waals surface area contributed by atoms with Gasteiger partial charge in [0.25, 0.3) is 0 Å². The van der Waals surface area contributed by atoms with E-state index in [1.807, 2.05) is 0 Å². The van der Waals surface area contributed by atoms with Crippen molar-refractivity contribution < 1.29 is 24.5 Å². The molecule has 0 aliphatic heterocycles. The predicted molar refractivity (Wildman–Crippen MR) is 278 cm³/mol. The third-order valence-electron chi connectivity index (χ3n) is 12.3. The van der Waals surface area contributed by atoms with E-state index in [1.165, 1.54) is 128 Å². The minimum Gasteiger partial charge on any atom is -0.462 e. The van der Waals surface area contributed by atoms with E-state index >= 15 is 0 Å². The van der Waals surface area contributed by atoms with Crippen molar-refractivity contribution in [2.24, 2.45) is 0 Å². The van der Waals surface area contributed by atoms with Crippen LogP contribution in [0.5, 0.6) is 0 Å². The Morgan fingerprint density at radius 1 is 0.469 bits per heavy atom. The molecule has 6 nitrogen and oxygen atoms in total. The Morgan fingerprint density at radius 2 is 0.844 bits per heavy atom. The lowest BCUT2D eigenvalue weighted by Crippen LogP contribution is -2.46. The van der Waals surface area contributed by atoms with Gasteiger partial charge in [-0.25, -0.2) is 0 Å². The number of hydrogen-bond donors (Lipinski definition) is 3. The molecule has 0 rings (SSSR count). The number of hydrogen-bond acceptors (Lipinski definition) is 5. The molecule has 3 unspecified atom stereocenters. The Bertz CT molecular complexity index is 1140. The molecule has 0 aliphatic rings. The highest BCUT2D eigenvalue weighted by molar-refractivity contribution is 5.77. The van der Waals surface area contributed by atoms with Crippen LogP contribution in [0.3, 0.4) is 0 Å².